The minimum Gasteiger partial charge on any atom is -0.335 e. The van der Waals surface area contributed by atoms with Gasteiger partial charge in [0, 0.05) is 18.5 Å². The zero-order valence-corrected chi connectivity index (χ0v) is 8.65. The third-order valence-electron chi connectivity index (χ3n) is 2.02. The van der Waals surface area contributed by atoms with Crippen LogP contribution in [0.1, 0.15) is 12.6 Å². The Morgan fingerprint density at radius 2 is 2.06 bits per heavy atom. The highest BCUT2D eigenvalue weighted by Gasteiger charge is 2.32. The number of rotatable bonds is 1. The number of carbonyl (C=O) groups is 1. The van der Waals surface area contributed by atoms with Gasteiger partial charge in [0.15, 0.2) is 5.65 Å². The number of pyridine rings is 1. The third-order valence-corrected chi connectivity index (χ3v) is 2.02. The topological polar surface area (TPSA) is 44.1 Å². The lowest BCUT2D eigenvalue weighted by atomic mass is 10.3. The zero-order chi connectivity index (χ0) is 12.6. The van der Waals surface area contributed by atoms with E-state index in [4.69, 9.17) is 0 Å². The lowest BCUT2D eigenvalue weighted by molar-refractivity contribution is -0.141. The molecule has 90 valence electrons. The highest BCUT2D eigenvalue weighted by Crippen LogP contribution is 2.28. The zero-order valence-electron chi connectivity index (χ0n) is 8.65. The molecule has 2 rings (SSSR count). The Morgan fingerprint density at radius 3 is 2.65 bits per heavy atom. The van der Waals surface area contributed by atoms with Crippen molar-refractivity contribution in [2.75, 3.05) is 0 Å². The van der Waals surface area contributed by atoms with Gasteiger partial charge in [0.05, 0.1) is 0 Å². The molecule has 0 saturated carbocycles. The van der Waals surface area contributed by atoms with Crippen LogP contribution < -0.4 is 4.84 Å². The van der Waals surface area contributed by atoms with E-state index in [2.05, 4.69) is 9.82 Å². The van der Waals surface area contributed by atoms with E-state index in [1.807, 2.05) is 0 Å². The molecule has 0 fully saturated rings. The van der Waals surface area contributed by atoms with Crippen LogP contribution >= 0.6 is 0 Å². The molecule has 0 N–H and O–H groups in total. The van der Waals surface area contributed by atoms with E-state index in [0.29, 0.717) is 5.39 Å². The summed E-state index contributed by atoms with van der Waals surface area (Å²) < 4.78 is 38.2. The second kappa shape index (κ2) is 3.76. The molecular formula is C10H7F3N2O2. The Balaban J connectivity index is 2.54. The summed E-state index contributed by atoms with van der Waals surface area (Å²) in [6.45, 7) is 1.15. The SMILES string of the molecule is CC(=O)On1ccc2ccc(C(F)(F)F)nc21. The molecule has 2 aromatic rings. The standard InChI is InChI=1S/C10H7F3N2O2/c1-6(16)17-15-5-4-7-2-3-8(10(11,12)13)14-9(7)15/h2-5H,1H3. The number of hydrogen-bond donors (Lipinski definition) is 0. The summed E-state index contributed by atoms with van der Waals surface area (Å²) >= 11 is 0. The number of carbonyl (C=O) groups excluding carboxylic acids is 1. The Hall–Kier alpha value is -2.05. The fourth-order valence-corrected chi connectivity index (χ4v) is 1.35. The highest BCUT2D eigenvalue weighted by atomic mass is 19.4. The predicted molar refractivity (Wildman–Crippen MR) is 52.0 cm³/mol. The molecule has 0 unspecified atom stereocenters. The van der Waals surface area contributed by atoms with E-state index < -0.39 is 17.8 Å². The summed E-state index contributed by atoms with van der Waals surface area (Å²) in [5.41, 5.74) is -1.08. The third kappa shape index (κ3) is 2.22. The van der Waals surface area contributed by atoms with Gasteiger partial charge in [-0.05, 0) is 18.2 Å². The normalized spacial score (nSPS) is 11.8. The first-order chi connectivity index (χ1) is 7.88. The van der Waals surface area contributed by atoms with Gasteiger partial charge in [-0.2, -0.15) is 17.9 Å². The lowest BCUT2D eigenvalue weighted by Gasteiger charge is -2.07. The van der Waals surface area contributed by atoms with Crippen LogP contribution in [0.4, 0.5) is 13.2 Å². The van der Waals surface area contributed by atoms with Crippen molar-refractivity contribution in [3.05, 3.63) is 30.1 Å². The van der Waals surface area contributed by atoms with Crippen molar-refractivity contribution in [2.45, 2.75) is 13.1 Å². The highest BCUT2D eigenvalue weighted by molar-refractivity contribution is 5.77. The fourth-order valence-electron chi connectivity index (χ4n) is 1.35. The van der Waals surface area contributed by atoms with Crippen molar-refractivity contribution < 1.29 is 22.8 Å². The number of aromatic nitrogens is 2. The van der Waals surface area contributed by atoms with Crippen LogP contribution in [0.2, 0.25) is 0 Å². The van der Waals surface area contributed by atoms with Crippen molar-refractivity contribution >= 4 is 17.0 Å². The van der Waals surface area contributed by atoms with Crippen LogP contribution in [0.25, 0.3) is 11.0 Å². The Morgan fingerprint density at radius 1 is 1.35 bits per heavy atom. The molecule has 0 atom stereocenters. The van der Waals surface area contributed by atoms with E-state index in [1.54, 1.807) is 0 Å². The van der Waals surface area contributed by atoms with Gasteiger partial charge in [0.25, 0.3) is 0 Å². The maximum atomic E-state index is 12.4. The number of hydrogen-bond acceptors (Lipinski definition) is 3. The molecule has 0 saturated heterocycles. The van der Waals surface area contributed by atoms with E-state index >= 15 is 0 Å². The lowest BCUT2D eigenvalue weighted by Crippen LogP contribution is -2.16. The first-order valence-corrected chi connectivity index (χ1v) is 4.62. The minimum atomic E-state index is -4.53. The second-order valence-electron chi connectivity index (χ2n) is 3.33. The average molecular weight is 244 g/mol. The van der Waals surface area contributed by atoms with Gasteiger partial charge in [0.1, 0.15) is 5.69 Å². The van der Waals surface area contributed by atoms with Gasteiger partial charge < -0.3 is 4.84 Å². The minimum absolute atomic E-state index is 0.0463. The Labute approximate surface area is 93.6 Å². The molecule has 0 spiro atoms. The van der Waals surface area contributed by atoms with E-state index in [0.717, 1.165) is 17.7 Å². The van der Waals surface area contributed by atoms with Gasteiger partial charge in [-0.15, -0.1) is 0 Å². The smallest absolute Gasteiger partial charge is 0.335 e. The molecule has 0 aromatic carbocycles. The van der Waals surface area contributed by atoms with Crippen molar-refractivity contribution in [2.24, 2.45) is 0 Å². The van der Waals surface area contributed by atoms with Crippen LogP contribution in [0.15, 0.2) is 24.4 Å². The van der Waals surface area contributed by atoms with Crippen LogP contribution in [0.3, 0.4) is 0 Å². The maximum absolute atomic E-state index is 12.4. The molecule has 0 amide bonds. The summed E-state index contributed by atoms with van der Waals surface area (Å²) in [5, 5.41) is 0.458. The van der Waals surface area contributed by atoms with E-state index in [9.17, 15) is 18.0 Å². The van der Waals surface area contributed by atoms with Gasteiger partial charge in [-0.25, -0.2) is 9.78 Å². The number of halogens is 3. The molecule has 0 aliphatic heterocycles. The average Bonchev–Trinajstić information content (AvgIpc) is 2.59. The van der Waals surface area contributed by atoms with Crippen molar-refractivity contribution in [3.8, 4) is 0 Å². The van der Waals surface area contributed by atoms with Crippen LogP contribution in [0, 0.1) is 0 Å². The van der Waals surface area contributed by atoms with Crippen molar-refractivity contribution in [3.63, 3.8) is 0 Å². The van der Waals surface area contributed by atoms with Crippen LogP contribution in [-0.4, -0.2) is 15.7 Å². The maximum Gasteiger partial charge on any atom is 0.433 e. The molecule has 7 heteroatoms. The van der Waals surface area contributed by atoms with E-state index in [1.165, 1.54) is 18.3 Å². The second-order valence-corrected chi connectivity index (χ2v) is 3.33. The van der Waals surface area contributed by atoms with Gasteiger partial charge in [0.2, 0.25) is 0 Å². The Kier molecular flexibility index (Phi) is 2.53. The van der Waals surface area contributed by atoms with Crippen molar-refractivity contribution in [1.82, 2.24) is 9.71 Å². The summed E-state index contributed by atoms with van der Waals surface area (Å²) in [5.74, 6) is -0.637. The first kappa shape index (κ1) is 11.4. The van der Waals surface area contributed by atoms with Crippen molar-refractivity contribution in [1.29, 1.82) is 0 Å². The summed E-state index contributed by atoms with van der Waals surface area (Å²) in [6, 6.07) is 3.65. The summed E-state index contributed by atoms with van der Waals surface area (Å²) in [6.07, 6.45) is -3.20. The molecule has 0 aliphatic rings. The molecular weight excluding hydrogens is 237 g/mol. The largest absolute Gasteiger partial charge is 0.433 e. The molecule has 0 bridgehead atoms. The van der Waals surface area contributed by atoms with E-state index in [-0.39, 0.29) is 5.65 Å². The number of alkyl halides is 3. The number of nitrogens with zero attached hydrogens (tertiary/aromatic N) is 2. The quantitative estimate of drug-likeness (QED) is 0.770. The molecule has 17 heavy (non-hydrogen) atoms. The Bertz CT molecular complexity index is 574. The monoisotopic (exact) mass is 244 g/mol. The van der Waals surface area contributed by atoms with Gasteiger partial charge in [-0.3, -0.25) is 0 Å². The predicted octanol–water partition coefficient (Wildman–Crippen LogP) is 2.03. The van der Waals surface area contributed by atoms with Gasteiger partial charge in [-0.1, -0.05) is 0 Å². The fraction of sp³-hybridized carbons (Fsp3) is 0.200. The number of fused-ring (bicyclic) bond motifs is 1. The first-order valence-electron chi connectivity index (χ1n) is 4.62. The summed E-state index contributed by atoms with van der Waals surface area (Å²) in [4.78, 5) is 18.8. The van der Waals surface area contributed by atoms with Crippen LogP contribution in [-0.2, 0) is 11.0 Å². The molecule has 2 aromatic heterocycles. The molecule has 0 aliphatic carbocycles. The molecule has 2 heterocycles. The molecule has 4 nitrogen and oxygen atoms in total. The van der Waals surface area contributed by atoms with Crippen LogP contribution in [0.5, 0.6) is 0 Å². The summed E-state index contributed by atoms with van der Waals surface area (Å²) in [7, 11) is 0. The molecule has 0 radical (unpaired) electrons. The van der Waals surface area contributed by atoms with Gasteiger partial charge >= 0.3 is 12.1 Å².